The highest BCUT2D eigenvalue weighted by molar-refractivity contribution is 8.09. The summed E-state index contributed by atoms with van der Waals surface area (Å²) < 4.78 is 50.6. The van der Waals surface area contributed by atoms with Crippen molar-refractivity contribution < 1.29 is 21.6 Å². The van der Waals surface area contributed by atoms with Crippen LogP contribution >= 0.6 is 0 Å². The van der Waals surface area contributed by atoms with E-state index in [0.717, 1.165) is 0 Å². The standard InChI is InChI=1S/C12H16N2O5S2/c1-4-20(16,17)14-11-8-6-5-7-10(11)12(15)13(9(2)3)21(14,18)19/h5-9H,4H2,1-3H3. The van der Waals surface area contributed by atoms with E-state index >= 15 is 0 Å². The number of fused-ring (bicyclic) bond motifs is 1. The number of carbonyl (C=O) groups excluding carboxylic acids is 1. The summed E-state index contributed by atoms with van der Waals surface area (Å²) in [6, 6.07) is 5.09. The second-order valence-corrected chi connectivity index (χ2v) is 8.81. The molecular weight excluding hydrogens is 316 g/mol. The number of rotatable bonds is 3. The molecule has 9 heteroatoms. The highest BCUT2D eigenvalue weighted by atomic mass is 32.3. The minimum atomic E-state index is -4.47. The van der Waals surface area contributed by atoms with Gasteiger partial charge in [0.25, 0.3) is 5.91 Å². The number of carbonyl (C=O) groups is 1. The Balaban J connectivity index is 2.86. The van der Waals surface area contributed by atoms with Gasteiger partial charge in [-0.3, -0.25) is 4.79 Å². The molecule has 1 heterocycles. The van der Waals surface area contributed by atoms with Gasteiger partial charge in [-0.1, -0.05) is 12.1 Å². The van der Waals surface area contributed by atoms with Crippen LogP contribution in [0.15, 0.2) is 24.3 Å². The lowest BCUT2D eigenvalue weighted by Crippen LogP contribution is -2.56. The third-order valence-corrected chi connectivity index (χ3v) is 7.45. The average molecular weight is 332 g/mol. The van der Waals surface area contributed by atoms with E-state index in [1.54, 1.807) is 6.07 Å². The van der Waals surface area contributed by atoms with E-state index in [9.17, 15) is 21.6 Å². The maximum atomic E-state index is 12.6. The van der Waals surface area contributed by atoms with Crippen LogP contribution in [0.4, 0.5) is 5.69 Å². The summed E-state index contributed by atoms with van der Waals surface area (Å²) in [4.78, 5) is 12.4. The summed E-state index contributed by atoms with van der Waals surface area (Å²) in [7, 11) is -8.55. The van der Waals surface area contributed by atoms with Gasteiger partial charge in [0.1, 0.15) is 0 Å². The van der Waals surface area contributed by atoms with Crippen molar-refractivity contribution in [1.29, 1.82) is 0 Å². The van der Waals surface area contributed by atoms with Gasteiger partial charge in [0.2, 0.25) is 10.0 Å². The zero-order valence-corrected chi connectivity index (χ0v) is 13.5. The Morgan fingerprint density at radius 1 is 1.19 bits per heavy atom. The highest BCUT2D eigenvalue weighted by Crippen LogP contribution is 2.35. The molecule has 21 heavy (non-hydrogen) atoms. The Morgan fingerprint density at radius 3 is 2.29 bits per heavy atom. The van der Waals surface area contributed by atoms with E-state index in [1.807, 2.05) is 0 Å². The normalized spacial score (nSPS) is 18.0. The van der Waals surface area contributed by atoms with Gasteiger partial charge in [-0.25, -0.2) is 12.7 Å². The number of benzene rings is 1. The first-order valence-corrected chi connectivity index (χ1v) is 9.36. The predicted octanol–water partition coefficient (Wildman–Crippen LogP) is 0.952. The van der Waals surface area contributed by atoms with E-state index in [2.05, 4.69) is 0 Å². The first-order chi connectivity index (χ1) is 9.64. The SMILES string of the molecule is CCS(=O)(=O)N1c2ccccc2C(=O)N(C(C)C)S1(=O)=O. The van der Waals surface area contributed by atoms with Crippen molar-refractivity contribution in [3.63, 3.8) is 0 Å². The fourth-order valence-corrected chi connectivity index (χ4v) is 5.93. The number of amides is 1. The first kappa shape index (κ1) is 15.8. The van der Waals surface area contributed by atoms with Gasteiger partial charge in [-0.15, -0.1) is 3.71 Å². The monoisotopic (exact) mass is 332 g/mol. The van der Waals surface area contributed by atoms with Gasteiger partial charge in [0.05, 0.1) is 17.0 Å². The van der Waals surface area contributed by atoms with Crippen LogP contribution < -0.4 is 3.71 Å². The number of hydrogen-bond donors (Lipinski definition) is 0. The zero-order chi connectivity index (χ0) is 16.0. The van der Waals surface area contributed by atoms with E-state index in [-0.39, 0.29) is 17.0 Å². The Bertz CT molecular complexity index is 784. The van der Waals surface area contributed by atoms with E-state index in [0.29, 0.717) is 8.02 Å². The second-order valence-electron chi connectivity index (χ2n) is 4.82. The Morgan fingerprint density at radius 2 is 1.76 bits per heavy atom. The molecule has 0 spiro atoms. The summed E-state index contributed by atoms with van der Waals surface area (Å²) in [6.45, 7) is 4.38. The van der Waals surface area contributed by atoms with Gasteiger partial charge in [-0.2, -0.15) is 8.42 Å². The van der Waals surface area contributed by atoms with Crippen LogP contribution in [0, 0.1) is 0 Å². The molecule has 7 nitrogen and oxygen atoms in total. The van der Waals surface area contributed by atoms with Crippen LogP contribution in [0.25, 0.3) is 0 Å². The van der Waals surface area contributed by atoms with Crippen molar-refractivity contribution in [2.24, 2.45) is 0 Å². The molecule has 2 rings (SSSR count). The molecule has 0 saturated carbocycles. The molecule has 0 atom stereocenters. The molecule has 1 aromatic carbocycles. The topological polar surface area (TPSA) is 91.8 Å². The molecule has 0 saturated heterocycles. The molecule has 0 unspecified atom stereocenters. The quantitative estimate of drug-likeness (QED) is 0.822. The molecule has 0 radical (unpaired) electrons. The molecule has 0 bridgehead atoms. The molecule has 1 aliphatic rings. The molecule has 0 fully saturated rings. The van der Waals surface area contributed by atoms with Gasteiger partial charge < -0.3 is 0 Å². The zero-order valence-electron chi connectivity index (χ0n) is 11.8. The van der Waals surface area contributed by atoms with Crippen molar-refractivity contribution in [2.75, 3.05) is 9.46 Å². The number of sulfonamides is 1. The molecular formula is C12H16N2O5S2. The molecule has 0 aromatic heterocycles. The average Bonchev–Trinajstić information content (AvgIpc) is 2.37. The van der Waals surface area contributed by atoms with Crippen LogP contribution in [-0.2, 0) is 20.2 Å². The van der Waals surface area contributed by atoms with Crippen LogP contribution in [0.5, 0.6) is 0 Å². The van der Waals surface area contributed by atoms with Crippen molar-refractivity contribution in [3.8, 4) is 0 Å². The predicted molar refractivity (Wildman–Crippen MR) is 78.6 cm³/mol. The van der Waals surface area contributed by atoms with Crippen molar-refractivity contribution >= 4 is 31.8 Å². The van der Waals surface area contributed by atoms with Crippen molar-refractivity contribution in [3.05, 3.63) is 29.8 Å². The van der Waals surface area contributed by atoms with Crippen LogP contribution in [0.1, 0.15) is 31.1 Å². The van der Waals surface area contributed by atoms with Crippen LogP contribution in [0.2, 0.25) is 0 Å². The Hall–Kier alpha value is -1.61. The smallest absolute Gasteiger partial charge is 0.268 e. The fourth-order valence-electron chi connectivity index (χ4n) is 2.15. The number of anilines is 1. The molecule has 116 valence electrons. The first-order valence-electron chi connectivity index (χ1n) is 6.35. The lowest BCUT2D eigenvalue weighted by Gasteiger charge is -2.37. The van der Waals surface area contributed by atoms with Crippen molar-refractivity contribution in [2.45, 2.75) is 26.8 Å². The maximum Gasteiger partial charge on any atom is 0.342 e. The summed E-state index contributed by atoms with van der Waals surface area (Å²) in [5.41, 5.74) is -0.0701. The van der Waals surface area contributed by atoms with E-state index in [1.165, 1.54) is 39.0 Å². The minimum absolute atomic E-state index is 0.0537. The van der Waals surface area contributed by atoms with E-state index < -0.39 is 32.2 Å². The summed E-state index contributed by atoms with van der Waals surface area (Å²) in [5, 5.41) is 0. The number of nitrogens with zero attached hydrogens (tertiary/aromatic N) is 2. The lowest BCUT2D eigenvalue weighted by atomic mass is 10.1. The third-order valence-electron chi connectivity index (χ3n) is 3.08. The summed E-state index contributed by atoms with van der Waals surface area (Å²) >= 11 is 0. The van der Waals surface area contributed by atoms with Crippen LogP contribution in [0.3, 0.4) is 0 Å². The Kier molecular flexibility index (Phi) is 3.75. The van der Waals surface area contributed by atoms with Gasteiger partial charge >= 0.3 is 10.2 Å². The second kappa shape index (κ2) is 4.99. The van der Waals surface area contributed by atoms with Crippen molar-refractivity contribution in [1.82, 2.24) is 4.31 Å². The molecule has 1 amide bonds. The minimum Gasteiger partial charge on any atom is -0.268 e. The maximum absolute atomic E-state index is 12.6. The molecule has 0 N–H and O–H groups in total. The van der Waals surface area contributed by atoms with Gasteiger partial charge in [0.15, 0.2) is 0 Å². The van der Waals surface area contributed by atoms with Gasteiger partial charge in [0, 0.05) is 6.04 Å². The Labute approximate surface area is 124 Å². The molecule has 0 aliphatic carbocycles. The lowest BCUT2D eigenvalue weighted by molar-refractivity contribution is 0.0833. The summed E-state index contributed by atoms with van der Waals surface area (Å²) in [5.74, 6) is -1.11. The van der Waals surface area contributed by atoms with Gasteiger partial charge in [-0.05, 0) is 32.9 Å². The molecule has 1 aromatic rings. The highest BCUT2D eigenvalue weighted by Gasteiger charge is 2.47. The number of hydrogen-bond acceptors (Lipinski definition) is 5. The number of para-hydroxylation sites is 1. The van der Waals surface area contributed by atoms with Crippen LogP contribution in [-0.4, -0.2) is 38.8 Å². The fraction of sp³-hybridized carbons (Fsp3) is 0.417. The molecule has 1 aliphatic heterocycles. The third kappa shape index (κ3) is 2.30. The van der Waals surface area contributed by atoms with E-state index in [4.69, 9.17) is 0 Å². The summed E-state index contributed by atoms with van der Waals surface area (Å²) in [6.07, 6.45) is 0. The largest absolute Gasteiger partial charge is 0.342 e.